The fourth-order valence-corrected chi connectivity index (χ4v) is 7.46. The molecule has 0 saturated carbocycles. The van der Waals surface area contributed by atoms with Crippen molar-refractivity contribution >= 4 is 17.9 Å². The van der Waals surface area contributed by atoms with E-state index in [4.69, 9.17) is 14.2 Å². The highest BCUT2D eigenvalue weighted by Crippen LogP contribution is 2.17. The van der Waals surface area contributed by atoms with Gasteiger partial charge in [-0.2, -0.15) is 0 Å². The first-order valence-electron chi connectivity index (χ1n) is 24.7. The molecule has 0 aromatic heterocycles. The van der Waals surface area contributed by atoms with Gasteiger partial charge in [0.05, 0.1) is 0 Å². The summed E-state index contributed by atoms with van der Waals surface area (Å²) < 4.78 is 16.8. The summed E-state index contributed by atoms with van der Waals surface area (Å²) in [6, 6.07) is 0. The van der Waals surface area contributed by atoms with Gasteiger partial charge in [0.25, 0.3) is 0 Å². The molecule has 0 aliphatic heterocycles. The van der Waals surface area contributed by atoms with Crippen LogP contribution in [0.5, 0.6) is 0 Å². The summed E-state index contributed by atoms with van der Waals surface area (Å²) in [7, 11) is 0. The van der Waals surface area contributed by atoms with Crippen molar-refractivity contribution in [2.24, 2.45) is 11.8 Å². The van der Waals surface area contributed by atoms with Crippen LogP contribution in [-0.4, -0.2) is 37.2 Å². The van der Waals surface area contributed by atoms with E-state index in [1.165, 1.54) is 161 Å². The highest BCUT2D eigenvalue weighted by atomic mass is 16.6. The zero-order valence-electron chi connectivity index (χ0n) is 38.3. The largest absolute Gasteiger partial charge is 0.462 e. The Morgan fingerprint density at radius 3 is 0.875 bits per heavy atom. The van der Waals surface area contributed by atoms with E-state index >= 15 is 0 Å². The van der Waals surface area contributed by atoms with E-state index in [1.807, 2.05) is 0 Å². The van der Waals surface area contributed by atoms with Gasteiger partial charge in [-0.25, -0.2) is 0 Å². The Morgan fingerprint density at radius 2 is 0.589 bits per heavy atom. The molecule has 332 valence electrons. The molecule has 6 heteroatoms. The minimum Gasteiger partial charge on any atom is -0.462 e. The van der Waals surface area contributed by atoms with Gasteiger partial charge < -0.3 is 14.2 Å². The molecule has 0 aliphatic rings. The summed E-state index contributed by atoms with van der Waals surface area (Å²) in [4.78, 5) is 37.8. The van der Waals surface area contributed by atoms with Crippen molar-refractivity contribution in [3.05, 3.63) is 0 Å². The average Bonchev–Trinajstić information content (AvgIpc) is 3.16. The predicted molar refractivity (Wildman–Crippen MR) is 238 cm³/mol. The summed E-state index contributed by atoms with van der Waals surface area (Å²) in [5.74, 6) is 0.732. The van der Waals surface area contributed by atoms with Crippen molar-refractivity contribution < 1.29 is 28.6 Å². The first-order chi connectivity index (χ1) is 27.2. The third-order valence-electron chi connectivity index (χ3n) is 11.2. The standard InChI is InChI=1S/C50H96O6/c1-6-7-8-9-10-11-12-13-14-15-16-17-20-25-30-35-40-48(51)54-43-47(44-55-49(52)41-36-31-27-22-24-29-34-39-46(4)5)56-50(53)42-37-32-26-21-18-19-23-28-33-38-45(2)3/h45-47H,6-44H2,1-5H3/t47-/m0/s1. The van der Waals surface area contributed by atoms with Crippen molar-refractivity contribution in [1.82, 2.24) is 0 Å². The molecule has 0 fully saturated rings. The smallest absolute Gasteiger partial charge is 0.306 e. The molecule has 0 aliphatic carbocycles. The van der Waals surface area contributed by atoms with Crippen LogP contribution in [0.3, 0.4) is 0 Å². The van der Waals surface area contributed by atoms with E-state index in [0.717, 1.165) is 69.6 Å². The minimum atomic E-state index is -0.761. The van der Waals surface area contributed by atoms with E-state index in [1.54, 1.807) is 0 Å². The highest BCUT2D eigenvalue weighted by molar-refractivity contribution is 5.71. The normalized spacial score (nSPS) is 12.1. The zero-order valence-corrected chi connectivity index (χ0v) is 38.3. The zero-order chi connectivity index (χ0) is 41.2. The number of hydrogen-bond acceptors (Lipinski definition) is 6. The maximum Gasteiger partial charge on any atom is 0.306 e. The van der Waals surface area contributed by atoms with Gasteiger partial charge in [-0.3, -0.25) is 14.4 Å². The molecule has 0 aromatic rings. The average molecular weight is 793 g/mol. The number of esters is 3. The third-order valence-corrected chi connectivity index (χ3v) is 11.2. The Bertz CT molecular complexity index is 854. The van der Waals surface area contributed by atoms with Crippen LogP contribution in [0, 0.1) is 11.8 Å². The van der Waals surface area contributed by atoms with Crippen molar-refractivity contribution in [3.63, 3.8) is 0 Å². The van der Waals surface area contributed by atoms with Gasteiger partial charge in [0.2, 0.25) is 0 Å². The SMILES string of the molecule is CCCCCCCCCCCCCCCCCCC(=O)OC[C@@H](COC(=O)CCCCCCCCCC(C)C)OC(=O)CCCCCCCCCCCC(C)C. The molecule has 1 atom stereocenters. The van der Waals surface area contributed by atoms with Crippen LogP contribution >= 0.6 is 0 Å². The summed E-state index contributed by atoms with van der Waals surface area (Å²) in [6.45, 7) is 11.3. The second-order valence-corrected chi connectivity index (χ2v) is 18.1. The number of rotatable bonds is 44. The first kappa shape index (κ1) is 54.4. The molecular weight excluding hydrogens is 697 g/mol. The van der Waals surface area contributed by atoms with Crippen LogP contribution in [-0.2, 0) is 28.6 Å². The van der Waals surface area contributed by atoms with Crippen LogP contribution in [0.4, 0.5) is 0 Å². The molecule has 0 unspecified atom stereocenters. The number of hydrogen-bond donors (Lipinski definition) is 0. The molecule has 0 spiro atoms. The molecule has 0 bridgehead atoms. The van der Waals surface area contributed by atoms with E-state index in [-0.39, 0.29) is 31.1 Å². The molecule has 6 nitrogen and oxygen atoms in total. The van der Waals surface area contributed by atoms with E-state index in [2.05, 4.69) is 34.6 Å². The van der Waals surface area contributed by atoms with Gasteiger partial charge in [-0.05, 0) is 31.1 Å². The van der Waals surface area contributed by atoms with Gasteiger partial charge in [0, 0.05) is 19.3 Å². The summed E-state index contributed by atoms with van der Waals surface area (Å²) >= 11 is 0. The molecule has 0 aromatic carbocycles. The van der Waals surface area contributed by atoms with Crippen LogP contribution < -0.4 is 0 Å². The Hall–Kier alpha value is -1.59. The van der Waals surface area contributed by atoms with Gasteiger partial charge >= 0.3 is 17.9 Å². The van der Waals surface area contributed by atoms with Crippen molar-refractivity contribution in [3.8, 4) is 0 Å². The van der Waals surface area contributed by atoms with Gasteiger partial charge in [-0.1, -0.05) is 234 Å². The lowest BCUT2D eigenvalue weighted by molar-refractivity contribution is -0.167. The third kappa shape index (κ3) is 43.5. The Morgan fingerprint density at radius 1 is 0.339 bits per heavy atom. The fraction of sp³-hybridized carbons (Fsp3) is 0.940. The Balaban J connectivity index is 4.29. The topological polar surface area (TPSA) is 78.9 Å². The Kier molecular flexibility index (Phi) is 41.8. The van der Waals surface area contributed by atoms with E-state index in [0.29, 0.717) is 19.3 Å². The number of carbonyl (C=O) groups is 3. The van der Waals surface area contributed by atoms with Crippen LogP contribution in [0.2, 0.25) is 0 Å². The minimum absolute atomic E-state index is 0.0648. The molecule has 56 heavy (non-hydrogen) atoms. The predicted octanol–water partition coefficient (Wildman–Crippen LogP) is 15.8. The molecule has 0 heterocycles. The number of ether oxygens (including phenoxy) is 3. The lowest BCUT2D eigenvalue weighted by Gasteiger charge is -2.18. The summed E-state index contributed by atoms with van der Waals surface area (Å²) in [5, 5.41) is 0. The summed E-state index contributed by atoms with van der Waals surface area (Å²) in [5.41, 5.74) is 0. The monoisotopic (exact) mass is 793 g/mol. The van der Waals surface area contributed by atoms with Gasteiger partial charge in [0.1, 0.15) is 13.2 Å². The molecule has 0 radical (unpaired) electrons. The molecule has 0 rings (SSSR count). The maximum absolute atomic E-state index is 12.7. The van der Waals surface area contributed by atoms with Crippen LogP contribution in [0.1, 0.15) is 272 Å². The molecule has 0 amide bonds. The second-order valence-electron chi connectivity index (χ2n) is 18.1. The van der Waals surface area contributed by atoms with Gasteiger partial charge in [-0.15, -0.1) is 0 Å². The summed E-state index contributed by atoms with van der Waals surface area (Å²) in [6.07, 6.45) is 42.4. The number of unbranched alkanes of at least 4 members (excludes halogenated alkanes) is 29. The maximum atomic E-state index is 12.7. The quantitative estimate of drug-likeness (QED) is 0.0347. The van der Waals surface area contributed by atoms with Crippen molar-refractivity contribution in [2.75, 3.05) is 13.2 Å². The number of carbonyl (C=O) groups excluding carboxylic acids is 3. The van der Waals surface area contributed by atoms with Crippen molar-refractivity contribution in [1.29, 1.82) is 0 Å². The van der Waals surface area contributed by atoms with Crippen LogP contribution in [0.25, 0.3) is 0 Å². The van der Waals surface area contributed by atoms with Gasteiger partial charge in [0.15, 0.2) is 6.10 Å². The van der Waals surface area contributed by atoms with E-state index in [9.17, 15) is 14.4 Å². The molecule has 0 saturated heterocycles. The lowest BCUT2D eigenvalue weighted by Crippen LogP contribution is -2.30. The highest BCUT2D eigenvalue weighted by Gasteiger charge is 2.19. The molecule has 0 N–H and O–H groups in total. The lowest BCUT2D eigenvalue weighted by atomic mass is 10.0. The Labute approximate surface area is 348 Å². The van der Waals surface area contributed by atoms with E-state index < -0.39 is 6.10 Å². The molecular formula is C50H96O6. The van der Waals surface area contributed by atoms with Crippen molar-refractivity contribution in [2.45, 2.75) is 278 Å². The fourth-order valence-electron chi connectivity index (χ4n) is 7.46. The van der Waals surface area contributed by atoms with Crippen LogP contribution in [0.15, 0.2) is 0 Å². The second kappa shape index (κ2) is 43.0. The first-order valence-corrected chi connectivity index (χ1v) is 24.7.